The smallest absolute Gasteiger partial charge is 0.304 e. The van der Waals surface area contributed by atoms with E-state index in [1.54, 1.807) is 0 Å². The number of nitrogens with two attached hydrogens (primary N) is 2. The predicted molar refractivity (Wildman–Crippen MR) is 75.5 cm³/mol. The molecule has 0 aliphatic carbocycles. The lowest BCUT2D eigenvalue weighted by Gasteiger charge is -2.11. The van der Waals surface area contributed by atoms with E-state index in [1.165, 1.54) is 24.3 Å². The van der Waals surface area contributed by atoms with Gasteiger partial charge in [0.1, 0.15) is 0 Å². The number of benzene rings is 2. The minimum atomic E-state index is -1.10. The van der Waals surface area contributed by atoms with E-state index >= 15 is 0 Å². The van der Waals surface area contributed by atoms with Gasteiger partial charge < -0.3 is 11.5 Å². The summed E-state index contributed by atoms with van der Waals surface area (Å²) in [7, 11) is 0. The van der Waals surface area contributed by atoms with Gasteiger partial charge in [-0.25, -0.2) is 0 Å². The zero-order chi connectivity index (χ0) is 16.4. The molecule has 0 bridgehead atoms. The molecule has 0 aromatic heterocycles. The Labute approximate surface area is 123 Å². The van der Waals surface area contributed by atoms with E-state index in [-0.39, 0.29) is 22.3 Å². The van der Waals surface area contributed by atoms with E-state index in [1.807, 2.05) is 0 Å². The number of primary amides is 2. The third-order valence-corrected chi connectivity index (χ3v) is 3.03. The number of nitro benzene ring substituents is 1. The van der Waals surface area contributed by atoms with Crippen molar-refractivity contribution in [3.05, 3.63) is 63.5 Å². The molecule has 22 heavy (non-hydrogen) atoms. The van der Waals surface area contributed by atoms with Crippen LogP contribution in [0.4, 0.5) is 10.1 Å². The molecule has 4 N–H and O–H groups in total. The van der Waals surface area contributed by atoms with Crippen LogP contribution in [0, 0.1) is 15.9 Å². The Morgan fingerprint density at radius 2 is 1.59 bits per heavy atom. The van der Waals surface area contributed by atoms with Crippen LogP contribution >= 0.6 is 0 Å². The van der Waals surface area contributed by atoms with E-state index in [2.05, 4.69) is 0 Å². The van der Waals surface area contributed by atoms with E-state index in [4.69, 9.17) is 11.5 Å². The second-order valence-electron chi connectivity index (χ2n) is 4.38. The maximum Gasteiger partial charge on any atom is 0.304 e. The maximum atomic E-state index is 13.8. The van der Waals surface area contributed by atoms with Gasteiger partial charge in [0.25, 0.3) is 0 Å². The highest BCUT2D eigenvalue weighted by Crippen LogP contribution is 2.30. The van der Waals surface area contributed by atoms with Crippen LogP contribution in [0.15, 0.2) is 36.4 Å². The minimum Gasteiger partial charge on any atom is -0.366 e. The van der Waals surface area contributed by atoms with Crippen molar-refractivity contribution in [1.82, 2.24) is 0 Å². The quantitative estimate of drug-likeness (QED) is 0.656. The van der Waals surface area contributed by atoms with Crippen molar-refractivity contribution in [2.75, 3.05) is 0 Å². The number of carbonyl (C=O) groups excluding carboxylic acids is 2. The number of hydrogen-bond acceptors (Lipinski definition) is 4. The molecule has 0 aliphatic rings. The van der Waals surface area contributed by atoms with E-state index in [0.717, 1.165) is 12.1 Å². The molecule has 0 saturated heterocycles. The van der Waals surface area contributed by atoms with Crippen molar-refractivity contribution < 1.29 is 18.9 Å². The summed E-state index contributed by atoms with van der Waals surface area (Å²) < 4.78 is 13.8. The number of halogens is 1. The van der Waals surface area contributed by atoms with Gasteiger partial charge in [-0.15, -0.1) is 0 Å². The van der Waals surface area contributed by atoms with Crippen LogP contribution in [-0.4, -0.2) is 16.7 Å². The molecule has 0 atom stereocenters. The summed E-state index contributed by atoms with van der Waals surface area (Å²) in [6.45, 7) is 0. The average Bonchev–Trinajstić information content (AvgIpc) is 2.45. The van der Waals surface area contributed by atoms with Crippen LogP contribution in [0.3, 0.4) is 0 Å². The predicted octanol–water partition coefficient (Wildman–Crippen LogP) is 1.60. The first-order valence-electron chi connectivity index (χ1n) is 6.00. The van der Waals surface area contributed by atoms with Gasteiger partial charge in [0.2, 0.25) is 17.6 Å². The minimum absolute atomic E-state index is 0.0375. The Kier molecular flexibility index (Phi) is 3.85. The van der Waals surface area contributed by atoms with Crippen molar-refractivity contribution in [2.45, 2.75) is 0 Å². The fourth-order valence-electron chi connectivity index (χ4n) is 2.08. The second kappa shape index (κ2) is 5.60. The largest absolute Gasteiger partial charge is 0.366 e. The van der Waals surface area contributed by atoms with Gasteiger partial charge in [-0.05, 0) is 29.8 Å². The van der Waals surface area contributed by atoms with Crippen molar-refractivity contribution >= 4 is 17.5 Å². The third-order valence-electron chi connectivity index (χ3n) is 3.03. The van der Waals surface area contributed by atoms with Gasteiger partial charge in [-0.1, -0.05) is 6.07 Å². The normalized spacial score (nSPS) is 10.2. The van der Waals surface area contributed by atoms with Gasteiger partial charge in [-0.3, -0.25) is 19.7 Å². The zero-order valence-electron chi connectivity index (χ0n) is 11.1. The van der Waals surface area contributed by atoms with Crippen LogP contribution in [-0.2, 0) is 0 Å². The molecule has 0 fully saturated rings. The molecule has 2 aromatic rings. The van der Waals surface area contributed by atoms with Gasteiger partial charge in [-0.2, -0.15) is 4.39 Å². The second-order valence-corrected chi connectivity index (χ2v) is 4.38. The Bertz CT molecular complexity index is 772. The molecule has 0 radical (unpaired) electrons. The fourth-order valence-corrected chi connectivity index (χ4v) is 2.08. The standard InChI is InChI=1S/C14H10FN3O4/c15-10-6-7(4-5-11(10)18(21)22)12-8(13(16)19)2-1-3-9(12)14(17)20/h1-6H,(H2,16,19)(H2,17,20). The number of hydrogen-bond donors (Lipinski definition) is 2. The first-order valence-corrected chi connectivity index (χ1v) is 6.00. The first kappa shape index (κ1) is 15.1. The van der Waals surface area contributed by atoms with Crippen molar-refractivity contribution in [3.8, 4) is 11.1 Å². The summed E-state index contributed by atoms with van der Waals surface area (Å²) in [5.74, 6) is -2.77. The lowest BCUT2D eigenvalue weighted by molar-refractivity contribution is -0.387. The molecule has 2 amide bonds. The van der Waals surface area contributed by atoms with Gasteiger partial charge >= 0.3 is 5.69 Å². The summed E-state index contributed by atoms with van der Waals surface area (Å²) in [6, 6.07) is 7.12. The highest BCUT2D eigenvalue weighted by Gasteiger charge is 2.21. The Morgan fingerprint density at radius 1 is 1.05 bits per heavy atom. The summed E-state index contributed by atoms with van der Waals surface area (Å²) in [5, 5.41) is 10.6. The molecule has 0 spiro atoms. The number of carbonyl (C=O) groups is 2. The lowest BCUT2D eigenvalue weighted by Crippen LogP contribution is -2.18. The molecular weight excluding hydrogens is 293 g/mol. The highest BCUT2D eigenvalue weighted by molar-refractivity contribution is 6.08. The van der Waals surface area contributed by atoms with Crippen LogP contribution in [0.5, 0.6) is 0 Å². The number of rotatable bonds is 4. The molecular formula is C14H10FN3O4. The Hall–Kier alpha value is -3.29. The molecule has 112 valence electrons. The van der Waals surface area contributed by atoms with E-state index < -0.39 is 28.2 Å². The topological polar surface area (TPSA) is 129 Å². The Balaban J connectivity index is 2.76. The van der Waals surface area contributed by atoms with Crippen molar-refractivity contribution in [3.63, 3.8) is 0 Å². The molecule has 8 heteroatoms. The monoisotopic (exact) mass is 303 g/mol. The summed E-state index contributed by atoms with van der Waals surface area (Å²) in [5.41, 5.74) is 9.82. The number of nitro groups is 1. The third kappa shape index (κ3) is 2.62. The van der Waals surface area contributed by atoms with Crippen molar-refractivity contribution in [1.29, 1.82) is 0 Å². The fraction of sp³-hybridized carbons (Fsp3) is 0. The molecule has 2 rings (SSSR count). The molecule has 0 saturated carbocycles. The summed E-state index contributed by atoms with van der Waals surface area (Å²) in [4.78, 5) is 32.8. The van der Waals surface area contributed by atoms with Crippen LogP contribution in [0.2, 0.25) is 0 Å². The molecule has 0 aliphatic heterocycles. The zero-order valence-corrected chi connectivity index (χ0v) is 11.1. The molecule has 7 nitrogen and oxygen atoms in total. The highest BCUT2D eigenvalue weighted by atomic mass is 19.1. The lowest BCUT2D eigenvalue weighted by atomic mass is 9.93. The van der Waals surface area contributed by atoms with E-state index in [9.17, 15) is 24.1 Å². The average molecular weight is 303 g/mol. The Morgan fingerprint density at radius 3 is 2.00 bits per heavy atom. The summed E-state index contributed by atoms with van der Waals surface area (Å²) >= 11 is 0. The van der Waals surface area contributed by atoms with Crippen LogP contribution in [0.1, 0.15) is 20.7 Å². The van der Waals surface area contributed by atoms with Crippen LogP contribution < -0.4 is 11.5 Å². The SMILES string of the molecule is NC(=O)c1cccc(C(N)=O)c1-c1ccc([N+](=O)[O-])c(F)c1. The van der Waals surface area contributed by atoms with Crippen molar-refractivity contribution in [2.24, 2.45) is 11.5 Å². The van der Waals surface area contributed by atoms with Gasteiger partial charge in [0.15, 0.2) is 0 Å². The van der Waals surface area contributed by atoms with Gasteiger partial charge in [0.05, 0.1) is 4.92 Å². The van der Waals surface area contributed by atoms with E-state index in [0.29, 0.717) is 0 Å². The number of nitrogens with zero attached hydrogens (tertiary/aromatic N) is 1. The molecule has 2 aromatic carbocycles. The first-order chi connectivity index (χ1) is 10.3. The molecule has 0 heterocycles. The molecule has 0 unspecified atom stereocenters. The maximum absolute atomic E-state index is 13.8. The van der Waals surface area contributed by atoms with Gasteiger partial charge in [0, 0.05) is 22.8 Å². The number of amides is 2. The summed E-state index contributed by atoms with van der Waals surface area (Å²) in [6.07, 6.45) is 0. The van der Waals surface area contributed by atoms with Crippen LogP contribution in [0.25, 0.3) is 11.1 Å².